The van der Waals surface area contributed by atoms with Crippen molar-refractivity contribution >= 4 is 10.9 Å². The van der Waals surface area contributed by atoms with Gasteiger partial charge in [0.15, 0.2) is 0 Å². The summed E-state index contributed by atoms with van der Waals surface area (Å²) in [6.07, 6.45) is 15.7. The number of pyridine rings is 1. The van der Waals surface area contributed by atoms with Crippen LogP contribution in [0.15, 0.2) is 36.5 Å². The van der Waals surface area contributed by atoms with Crippen molar-refractivity contribution in [3.8, 4) is 0 Å². The summed E-state index contributed by atoms with van der Waals surface area (Å²) in [7, 11) is 0. The Bertz CT molecular complexity index is 518. The van der Waals surface area contributed by atoms with E-state index < -0.39 is 0 Å². The molecule has 0 atom stereocenters. The summed E-state index contributed by atoms with van der Waals surface area (Å²) in [5, 5.41) is 1.27. The van der Waals surface area contributed by atoms with Gasteiger partial charge in [0.1, 0.15) is 0 Å². The normalized spacial score (nSPS) is 11.1. The predicted molar refractivity (Wildman–Crippen MR) is 92.7 cm³/mol. The molecule has 0 aliphatic heterocycles. The molecule has 0 spiro atoms. The molecule has 1 nitrogen and oxygen atoms in total. The van der Waals surface area contributed by atoms with Crippen LogP contribution in [0.2, 0.25) is 0 Å². The highest BCUT2D eigenvalue weighted by atomic mass is 14.6. The minimum Gasteiger partial charge on any atom is -0.256 e. The van der Waals surface area contributed by atoms with Crippen molar-refractivity contribution in [3.05, 3.63) is 42.1 Å². The molecule has 21 heavy (non-hydrogen) atoms. The summed E-state index contributed by atoms with van der Waals surface area (Å²) in [6, 6.07) is 10.9. The fourth-order valence-corrected chi connectivity index (χ4v) is 2.92. The third-order valence-electron chi connectivity index (χ3n) is 4.24. The fourth-order valence-electron chi connectivity index (χ4n) is 2.92. The largest absolute Gasteiger partial charge is 0.256 e. The molecule has 0 saturated heterocycles. The van der Waals surface area contributed by atoms with E-state index in [1.54, 1.807) is 0 Å². The Kier molecular flexibility index (Phi) is 7.28. The summed E-state index contributed by atoms with van der Waals surface area (Å²) in [5.74, 6) is 0. The third kappa shape index (κ3) is 5.87. The minimum atomic E-state index is 1.10. The van der Waals surface area contributed by atoms with Gasteiger partial charge in [-0.3, -0.25) is 4.98 Å². The molecule has 1 heteroatoms. The van der Waals surface area contributed by atoms with Crippen LogP contribution in [0.1, 0.15) is 70.3 Å². The molecule has 114 valence electrons. The van der Waals surface area contributed by atoms with Crippen molar-refractivity contribution in [2.75, 3.05) is 0 Å². The molecule has 2 rings (SSSR count). The van der Waals surface area contributed by atoms with Crippen molar-refractivity contribution < 1.29 is 0 Å². The standard InChI is InChI=1S/C20H29N/c1-2-3-4-5-6-7-8-9-10-12-18-14-15-20-19(17-18)13-11-16-21-20/h11,13-17H,2-10,12H2,1H3. The molecule has 2 aromatic rings. The van der Waals surface area contributed by atoms with Gasteiger partial charge >= 0.3 is 0 Å². The van der Waals surface area contributed by atoms with Gasteiger partial charge in [0.25, 0.3) is 0 Å². The zero-order valence-electron chi connectivity index (χ0n) is 13.5. The Hall–Kier alpha value is -1.37. The van der Waals surface area contributed by atoms with Gasteiger partial charge < -0.3 is 0 Å². The van der Waals surface area contributed by atoms with E-state index in [1.807, 2.05) is 12.3 Å². The van der Waals surface area contributed by atoms with Crippen LogP contribution in [0.3, 0.4) is 0 Å². The van der Waals surface area contributed by atoms with Crippen molar-refractivity contribution in [1.29, 1.82) is 0 Å². The van der Waals surface area contributed by atoms with Crippen LogP contribution < -0.4 is 0 Å². The van der Waals surface area contributed by atoms with Gasteiger partial charge in [-0.2, -0.15) is 0 Å². The topological polar surface area (TPSA) is 12.9 Å². The first-order valence-corrected chi connectivity index (χ1v) is 8.74. The molecule has 0 N–H and O–H groups in total. The Labute approximate surface area is 129 Å². The first kappa shape index (κ1) is 16.0. The Balaban J connectivity index is 1.59. The highest BCUT2D eigenvalue weighted by Gasteiger charge is 1.98. The van der Waals surface area contributed by atoms with E-state index in [-0.39, 0.29) is 0 Å². The van der Waals surface area contributed by atoms with Crippen LogP contribution in [0.25, 0.3) is 10.9 Å². The molecule has 1 aromatic heterocycles. The molecule has 0 saturated carbocycles. The van der Waals surface area contributed by atoms with Crippen LogP contribution in [0, 0.1) is 0 Å². The second kappa shape index (κ2) is 9.55. The first-order valence-electron chi connectivity index (χ1n) is 8.74. The number of fused-ring (bicyclic) bond motifs is 1. The highest BCUT2D eigenvalue weighted by Crippen LogP contribution is 2.16. The van der Waals surface area contributed by atoms with Gasteiger partial charge in [-0.15, -0.1) is 0 Å². The zero-order chi connectivity index (χ0) is 14.8. The third-order valence-corrected chi connectivity index (χ3v) is 4.24. The van der Waals surface area contributed by atoms with E-state index in [0.29, 0.717) is 0 Å². The summed E-state index contributed by atoms with van der Waals surface area (Å²) in [5.41, 5.74) is 2.56. The van der Waals surface area contributed by atoms with Gasteiger partial charge in [0, 0.05) is 11.6 Å². The smallest absolute Gasteiger partial charge is 0.0702 e. The monoisotopic (exact) mass is 283 g/mol. The second-order valence-electron chi connectivity index (χ2n) is 6.11. The summed E-state index contributed by atoms with van der Waals surface area (Å²) >= 11 is 0. The zero-order valence-corrected chi connectivity index (χ0v) is 13.5. The van der Waals surface area contributed by atoms with E-state index in [4.69, 9.17) is 0 Å². The van der Waals surface area contributed by atoms with Crippen LogP contribution in [-0.4, -0.2) is 4.98 Å². The molecule has 1 aromatic carbocycles. The Morgan fingerprint density at radius 2 is 1.52 bits per heavy atom. The van der Waals surface area contributed by atoms with Crippen LogP contribution in [-0.2, 0) is 6.42 Å². The van der Waals surface area contributed by atoms with Crippen LogP contribution >= 0.6 is 0 Å². The van der Waals surface area contributed by atoms with Gasteiger partial charge in [-0.1, -0.05) is 70.4 Å². The molecule has 0 unspecified atom stereocenters. The van der Waals surface area contributed by atoms with E-state index in [2.05, 4.69) is 36.2 Å². The Morgan fingerprint density at radius 3 is 2.29 bits per heavy atom. The van der Waals surface area contributed by atoms with E-state index in [1.165, 1.54) is 75.2 Å². The molecule has 0 radical (unpaired) electrons. The van der Waals surface area contributed by atoms with E-state index >= 15 is 0 Å². The fraction of sp³-hybridized carbons (Fsp3) is 0.550. The van der Waals surface area contributed by atoms with Crippen molar-refractivity contribution in [2.24, 2.45) is 0 Å². The molecule has 0 fully saturated rings. The average molecular weight is 283 g/mol. The number of benzene rings is 1. The SMILES string of the molecule is CCCCCCCCCCCc1ccc2ncccc2c1. The molecule has 0 aliphatic carbocycles. The van der Waals surface area contributed by atoms with Crippen molar-refractivity contribution in [3.63, 3.8) is 0 Å². The Morgan fingerprint density at radius 1 is 0.810 bits per heavy atom. The lowest BCUT2D eigenvalue weighted by atomic mass is 10.0. The molecular weight excluding hydrogens is 254 g/mol. The van der Waals surface area contributed by atoms with Crippen LogP contribution in [0.4, 0.5) is 0 Å². The average Bonchev–Trinajstić information content (AvgIpc) is 2.53. The molecule has 0 bridgehead atoms. The van der Waals surface area contributed by atoms with Crippen LogP contribution in [0.5, 0.6) is 0 Å². The maximum absolute atomic E-state index is 4.37. The first-order chi connectivity index (χ1) is 10.4. The molecular formula is C20H29N. The van der Waals surface area contributed by atoms with E-state index in [9.17, 15) is 0 Å². The van der Waals surface area contributed by atoms with Gasteiger partial charge in [0.2, 0.25) is 0 Å². The predicted octanol–water partition coefficient (Wildman–Crippen LogP) is 6.31. The minimum absolute atomic E-state index is 1.10. The summed E-state index contributed by atoms with van der Waals surface area (Å²) in [6.45, 7) is 2.28. The van der Waals surface area contributed by atoms with Gasteiger partial charge in [-0.05, 0) is 36.6 Å². The molecule has 0 amide bonds. The number of aryl methyl sites for hydroxylation is 1. The second-order valence-corrected chi connectivity index (χ2v) is 6.11. The number of nitrogens with zero attached hydrogens (tertiary/aromatic N) is 1. The summed E-state index contributed by atoms with van der Waals surface area (Å²) < 4.78 is 0. The van der Waals surface area contributed by atoms with Gasteiger partial charge in [0.05, 0.1) is 5.52 Å². The number of rotatable bonds is 10. The van der Waals surface area contributed by atoms with E-state index in [0.717, 1.165) is 5.52 Å². The van der Waals surface area contributed by atoms with Gasteiger partial charge in [-0.25, -0.2) is 0 Å². The van der Waals surface area contributed by atoms with Crippen molar-refractivity contribution in [2.45, 2.75) is 71.1 Å². The molecule has 0 aliphatic rings. The maximum Gasteiger partial charge on any atom is 0.0702 e. The lowest BCUT2D eigenvalue weighted by Crippen LogP contribution is -1.88. The number of aromatic nitrogens is 1. The molecule has 1 heterocycles. The number of unbranched alkanes of at least 4 members (excludes halogenated alkanes) is 8. The highest BCUT2D eigenvalue weighted by molar-refractivity contribution is 5.78. The summed E-state index contributed by atoms with van der Waals surface area (Å²) in [4.78, 5) is 4.37. The quantitative estimate of drug-likeness (QED) is 0.466. The lowest BCUT2D eigenvalue weighted by molar-refractivity contribution is 0.565. The lowest BCUT2D eigenvalue weighted by Gasteiger charge is -2.04. The maximum atomic E-state index is 4.37. The number of hydrogen-bond donors (Lipinski definition) is 0. The van der Waals surface area contributed by atoms with Crippen molar-refractivity contribution in [1.82, 2.24) is 4.98 Å². The number of hydrogen-bond acceptors (Lipinski definition) is 1.